The van der Waals surface area contributed by atoms with Gasteiger partial charge in [-0.25, -0.2) is 4.79 Å². The predicted molar refractivity (Wildman–Crippen MR) is 52.4 cm³/mol. The van der Waals surface area contributed by atoms with Crippen molar-refractivity contribution in [3.05, 3.63) is 0 Å². The molecule has 76 valence electrons. The van der Waals surface area contributed by atoms with Gasteiger partial charge in [-0.1, -0.05) is 19.8 Å². The van der Waals surface area contributed by atoms with E-state index in [1.807, 2.05) is 13.8 Å². The summed E-state index contributed by atoms with van der Waals surface area (Å²) in [4.78, 5) is 25.6. The van der Waals surface area contributed by atoms with E-state index in [1.165, 1.54) is 9.80 Å². The third-order valence-electron chi connectivity index (χ3n) is 1.96. The Hall–Kier alpha value is -1.50. The Bertz CT molecular complexity index is 291. The molecule has 0 saturated carbocycles. The van der Waals surface area contributed by atoms with Crippen LogP contribution >= 0.6 is 0 Å². The highest BCUT2D eigenvalue weighted by Gasteiger charge is 2.35. The molecule has 1 saturated heterocycles. The smallest absolute Gasteiger partial charge is 0.304 e. The van der Waals surface area contributed by atoms with Crippen LogP contribution in [0.15, 0.2) is 0 Å². The number of urea groups is 1. The molecular weight excluding hydrogens is 180 g/mol. The fourth-order valence-electron chi connectivity index (χ4n) is 1.37. The zero-order valence-electron chi connectivity index (χ0n) is 8.49. The van der Waals surface area contributed by atoms with E-state index < -0.39 is 0 Å². The van der Waals surface area contributed by atoms with E-state index in [9.17, 15) is 9.59 Å². The molecule has 0 aromatic heterocycles. The van der Waals surface area contributed by atoms with Gasteiger partial charge in [0, 0.05) is 6.54 Å². The van der Waals surface area contributed by atoms with E-state index in [1.54, 1.807) is 0 Å². The molecule has 0 atom stereocenters. The van der Waals surface area contributed by atoms with Gasteiger partial charge in [0.1, 0.15) is 6.54 Å². The summed E-state index contributed by atoms with van der Waals surface area (Å²) in [7, 11) is 0. The molecule has 3 amide bonds. The average molecular weight is 194 g/mol. The molecule has 0 aromatic carbocycles. The first-order valence-electron chi connectivity index (χ1n) is 4.59. The maximum atomic E-state index is 11.6. The van der Waals surface area contributed by atoms with Crippen LogP contribution in [0.1, 0.15) is 13.8 Å². The molecule has 1 heterocycles. The maximum Gasteiger partial charge on any atom is 0.328 e. The van der Waals surface area contributed by atoms with Crippen LogP contribution in [0.4, 0.5) is 4.79 Å². The second kappa shape index (κ2) is 4.14. The summed E-state index contributed by atoms with van der Waals surface area (Å²) < 4.78 is 0. The lowest BCUT2D eigenvalue weighted by Crippen LogP contribution is -2.35. The molecule has 1 aliphatic heterocycles. The van der Waals surface area contributed by atoms with Gasteiger partial charge in [-0.15, -0.1) is 6.42 Å². The minimum Gasteiger partial charge on any atom is -0.304 e. The lowest BCUT2D eigenvalue weighted by atomic mass is 10.2. The summed E-state index contributed by atoms with van der Waals surface area (Å²) in [6.07, 6.45) is 5.09. The number of hydrogen-bond acceptors (Lipinski definition) is 2. The highest BCUT2D eigenvalue weighted by molar-refractivity contribution is 6.02. The second-order valence-corrected chi connectivity index (χ2v) is 3.74. The van der Waals surface area contributed by atoms with E-state index in [2.05, 4.69) is 5.92 Å². The minimum atomic E-state index is -0.262. The Morgan fingerprint density at radius 1 is 1.50 bits per heavy atom. The summed E-state index contributed by atoms with van der Waals surface area (Å²) in [5, 5.41) is 0. The van der Waals surface area contributed by atoms with Crippen molar-refractivity contribution in [2.75, 3.05) is 19.6 Å². The molecule has 0 unspecified atom stereocenters. The first-order chi connectivity index (χ1) is 6.56. The Balaban J connectivity index is 2.66. The number of nitrogens with zero attached hydrogens (tertiary/aromatic N) is 2. The van der Waals surface area contributed by atoms with Crippen molar-refractivity contribution in [1.82, 2.24) is 9.80 Å². The first-order valence-corrected chi connectivity index (χ1v) is 4.59. The van der Waals surface area contributed by atoms with Crippen LogP contribution < -0.4 is 0 Å². The van der Waals surface area contributed by atoms with E-state index in [0.29, 0.717) is 6.54 Å². The van der Waals surface area contributed by atoms with E-state index in [-0.39, 0.29) is 30.9 Å². The highest BCUT2D eigenvalue weighted by Crippen LogP contribution is 2.11. The van der Waals surface area contributed by atoms with Crippen molar-refractivity contribution in [1.29, 1.82) is 0 Å². The Morgan fingerprint density at radius 3 is 2.64 bits per heavy atom. The van der Waals surface area contributed by atoms with Gasteiger partial charge < -0.3 is 4.90 Å². The monoisotopic (exact) mass is 194 g/mol. The fourth-order valence-corrected chi connectivity index (χ4v) is 1.37. The molecule has 0 spiro atoms. The van der Waals surface area contributed by atoms with Gasteiger partial charge in [-0.05, 0) is 5.92 Å². The van der Waals surface area contributed by atoms with Crippen LogP contribution in [-0.2, 0) is 4.79 Å². The third-order valence-corrected chi connectivity index (χ3v) is 1.96. The molecular formula is C10H14N2O2. The average Bonchev–Trinajstić information content (AvgIpc) is 2.33. The number of carbonyl (C=O) groups excluding carboxylic acids is 2. The van der Waals surface area contributed by atoms with Crippen molar-refractivity contribution in [3.8, 4) is 12.3 Å². The molecule has 0 N–H and O–H groups in total. The van der Waals surface area contributed by atoms with Gasteiger partial charge in [-0.3, -0.25) is 9.69 Å². The molecule has 4 heteroatoms. The number of amides is 3. The van der Waals surface area contributed by atoms with Crippen molar-refractivity contribution in [3.63, 3.8) is 0 Å². The van der Waals surface area contributed by atoms with Crippen LogP contribution in [-0.4, -0.2) is 41.4 Å². The third kappa shape index (κ3) is 2.05. The second-order valence-electron chi connectivity index (χ2n) is 3.74. The van der Waals surface area contributed by atoms with E-state index in [4.69, 9.17) is 6.42 Å². The van der Waals surface area contributed by atoms with Crippen LogP contribution in [0.5, 0.6) is 0 Å². The lowest BCUT2D eigenvalue weighted by Gasteiger charge is -2.16. The summed E-state index contributed by atoms with van der Waals surface area (Å²) in [5.74, 6) is 2.49. The Morgan fingerprint density at radius 2 is 2.14 bits per heavy atom. The van der Waals surface area contributed by atoms with E-state index in [0.717, 1.165) is 0 Å². The summed E-state index contributed by atoms with van der Waals surface area (Å²) in [6.45, 7) is 4.72. The number of carbonyl (C=O) groups is 2. The predicted octanol–water partition coefficient (Wildman–Crippen LogP) is 0.540. The normalized spacial score (nSPS) is 16.7. The molecule has 1 rings (SSSR count). The number of hydrogen-bond donors (Lipinski definition) is 0. The molecule has 1 aliphatic rings. The quantitative estimate of drug-likeness (QED) is 0.486. The fraction of sp³-hybridized carbons (Fsp3) is 0.600. The van der Waals surface area contributed by atoms with Crippen molar-refractivity contribution >= 4 is 11.9 Å². The summed E-state index contributed by atoms with van der Waals surface area (Å²) in [6, 6.07) is -0.262. The molecule has 1 fully saturated rings. The maximum absolute atomic E-state index is 11.6. The summed E-state index contributed by atoms with van der Waals surface area (Å²) >= 11 is 0. The first kappa shape index (κ1) is 10.6. The molecule has 14 heavy (non-hydrogen) atoms. The van der Waals surface area contributed by atoms with Crippen LogP contribution in [0.3, 0.4) is 0 Å². The molecule has 0 aliphatic carbocycles. The largest absolute Gasteiger partial charge is 0.328 e. The van der Waals surface area contributed by atoms with Crippen molar-refractivity contribution in [2.24, 2.45) is 5.92 Å². The Labute approximate surface area is 83.9 Å². The zero-order valence-corrected chi connectivity index (χ0v) is 8.49. The van der Waals surface area contributed by atoms with Gasteiger partial charge in [0.2, 0.25) is 5.91 Å². The minimum absolute atomic E-state index is 0.121. The lowest BCUT2D eigenvalue weighted by molar-refractivity contribution is -0.125. The number of rotatable bonds is 3. The number of terminal acetylenes is 1. The number of imide groups is 1. The SMILES string of the molecule is C#CCN1CC(=O)N(CC(C)C)C1=O. The Kier molecular flexibility index (Phi) is 3.13. The topological polar surface area (TPSA) is 40.6 Å². The molecule has 4 nitrogen and oxygen atoms in total. The van der Waals surface area contributed by atoms with Crippen molar-refractivity contribution < 1.29 is 9.59 Å². The van der Waals surface area contributed by atoms with Crippen molar-refractivity contribution in [2.45, 2.75) is 13.8 Å². The molecule has 0 radical (unpaired) electrons. The van der Waals surface area contributed by atoms with Crippen LogP contribution in [0.2, 0.25) is 0 Å². The van der Waals surface area contributed by atoms with Gasteiger partial charge in [-0.2, -0.15) is 0 Å². The van der Waals surface area contributed by atoms with Crippen LogP contribution in [0.25, 0.3) is 0 Å². The van der Waals surface area contributed by atoms with E-state index >= 15 is 0 Å². The van der Waals surface area contributed by atoms with Gasteiger partial charge in [0.15, 0.2) is 0 Å². The van der Waals surface area contributed by atoms with Gasteiger partial charge >= 0.3 is 6.03 Å². The highest BCUT2D eigenvalue weighted by atomic mass is 16.2. The summed E-state index contributed by atoms with van der Waals surface area (Å²) in [5.41, 5.74) is 0. The standard InChI is InChI=1S/C10H14N2O2/c1-4-5-11-7-9(13)12(10(11)14)6-8(2)3/h1,8H,5-7H2,2-3H3. The molecule has 0 bridgehead atoms. The molecule has 0 aromatic rings. The van der Waals surface area contributed by atoms with Gasteiger partial charge in [0.25, 0.3) is 0 Å². The van der Waals surface area contributed by atoms with Crippen LogP contribution in [0, 0.1) is 18.3 Å². The van der Waals surface area contributed by atoms with Gasteiger partial charge in [0.05, 0.1) is 6.54 Å². The zero-order chi connectivity index (χ0) is 10.7.